The van der Waals surface area contributed by atoms with Crippen molar-refractivity contribution in [2.45, 2.75) is 39.1 Å². The lowest BCUT2D eigenvalue weighted by Crippen LogP contribution is -2.28. The quantitative estimate of drug-likeness (QED) is 0.484. The van der Waals surface area contributed by atoms with E-state index in [-0.39, 0.29) is 16.8 Å². The molecule has 1 nitrogen and oxygen atoms in total. The average molecular weight is 322 g/mol. The van der Waals surface area contributed by atoms with Gasteiger partial charge in [0.15, 0.2) is 0 Å². The fourth-order valence-corrected chi connectivity index (χ4v) is 3.03. The van der Waals surface area contributed by atoms with Gasteiger partial charge in [0.05, 0.1) is 11.4 Å². The number of aryl methyl sites for hydroxylation is 1. The number of benzene rings is 1. The van der Waals surface area contributed by atoms with Crippen molar-refractivity contribution in [3.05, 3.63) is 58.1 Å². The van der Waals surface area contributed by atoms with Crippen LogP contribution in [0.25, 0.3) is 0 Å². The summed E-state index contributed by atoms with van der Waals surface area (Å²) in [5.74, 6) is 0. The van der Waals surface area contributed by atoms with E-state index in [2.05, 4.69) is 43.1 Å². The Morgan fingerprint density at radius 1 is 1.33 bits per heavy atom. The van der Waals surface area contributed by atoms with Crippen LogP contribution in [0, 0.1) is 12.3 Å². The summed E-state index contributed by atoms with van der Waals surface area (Å²) in [6, 6.07) is 6.09. The Kier molecular flexibility index (Phi) is 4.95. The van der Waals surface area contributed by atoms with Crippen LogP contribution in [0.5, 0.6) is 0 Å². The second-order valence-corrected chi connectivity index (χ2v) is 6.87. The van der Waals surface area contributed by atoms with Crippen molar-refractivity contribution in [2.24, 2.45) is 10.4 Å². The SMILES string of the molecule is CC1=CC(Cl)C(C)(C=NC(C)c2ccc(C)cc2Cl)C=C1. The van der Waals surface area contributed by atoms with Gasteiger partial charge in [-0.25, -0.2) is 0 Å². The molecule has 21 heavy (non-hydrogen) atoms. The van der Waals surface area contributed by atoms with E-state index < -0.39 is 0 Å². The van der Waals surface area contributed by atoms with E-state index in [0.717, 1.165) is 16.1 Å². The molecular formula is C18H21Cl2N. The van der Waals surface area contributed by atoms with Crippen LogP contribution in [0.2, 0.25) is 5.02 Å². The lowest BCUT2D eigenvalue weighted by atomic mass is 9.82. The maximum atomic E-state index is 6.46. The zero-order chi connectivity index (χ0) is 15.6. The van der Waals surface area contributed by atoms with Crippen molar-refractivity contribution in [2.75, 3.05) is 0 Å². The third kappa shape index (κ3) is 3.78. The molecule has 0 saturated heterocycles. The molecule has 0 heterocycles. The summed E-state index contributed by atoms with van der Waals surface area (Å²) in [4.78, 5) is 4.68. The van der Waals surface area contributed by atoms with Crippen molar-refractivity contribution in [3.8, 4) is 0 Å². The zero-order valence-electron chi connectivity index (χ0n) is 12.9. The van der Waals surface area contributed by atoms with Crippen molar-refractivity contribution < 1.29 is 0 Å². The number of hydrogen-bond acceptors (Lipinski definition) is 1. The number of allylic oxidation sites excluding steroid dienone is 4. The molecule has 0 bridgehead atoms. The molecule has 0 aliphatic heterocycles. The molecule has 0 saturated carbocycles. The standard InChI is InChI=1S/C18H21Cl2N/c1-12-5-6-15(16(19)9-12)14(3)21-11-18(4)8-7-13(2)10-17(18)20/h5-11,14,17H,1-4H3. The van der Waals surface area contributed by atoms with Gasteiger partial charge in [-0.2, -0.15) is 0 Å². The molecule has 0 spiro atoms. The second-order valence-electron chi connectivity index (χ2n) is 5.99. The number of aliphatic imine (C=N–C) groups is 1. The average Bonchev–Trinajstić information content (AvgIpc) is 2.41. The molecule has 3 unspecified atom stereocenters. The van der Waals surface area contributed by atoms with Gasteiger partial charge in [0.25, 0.3) is 0 Å². The Hall–Kier alpha value is -1.05. The molecule has 1 aliphatic carbocycles. The molecule has 0 radical (unpaired) electrons. The van der Waals surface area contributed by atoms with Crippen LogP contribution in [0.1, 0.15) is 37.9 Å². The van der Waals surface area contributed by atoms with Gasteiger partial charge in [0, 0.05) is 16.7 Å². The van der Waals surface area contributed by atoms with Gasteiger partial charge in [-0.1, -0.05) is 47.5 Å². The Bertz CT molecular complexity index is 616. The summed E-state index contributed by atoms with van der Waals surface area (Å²) < 4.78 is 0. The zero-order valence-corrected chi connectivity index (χ0v) is 14.4. The summed E-state index contributed by atoms with van der Waals surface area (Å²) in [6.07, 6.45) is 8.23. The third-order valence-corrected chi connectivity index (χ3v) is 4.81. The van der Waals surface area contributed by atoms with E-state index >= 15 is 0 Å². The highest BCUT2D eigenvalue weighted by atomic mass is 35.5. The summed E-state index contributed by atoms with van der Waals surface area (Å²) in [5, 5.41) is 0.689. The second kappa shape index (κ2) is 6.37. The first-order chi connectivity index (χ1) is 9.82. The predicted octanol–water partition coefficient (Wildman–Crippen LogP) is 5.91. The number of halogens is 2. The molecule has 3 atom stereocenters. The maximum Gasteiger partial charge on any atom is 0.0731 e. The fraction of sp³-hybridized carbons (Fsp3) is 0.389. The summed E-state index contributed by atoms with van der Waals surface area (Å²) in [5.41, 5.74) is 3.13. The Labute approximate surface area is 137 Å². The van der Waals surface area contributed by atoms with Crippen LogP contribution in [0.3, 0.4) is 0 Å². The lowest BCUT2D eigenvalue weighted by Gasteiger charge is -2.28. The van der Waals surface area contributed by atoms with E-state index in [1.54, 1.807) is 0 Å². The summed E-state index contributed by atoms with van der Waals surface area (Å²) >= 11 is 12.8. The maximum absolute atomic E-state index is 6.46. The third-order valence-electron chi connectivity index (χ3n) is 3.89. The Morgan fingerprint density at radius 2 is 2.05 bits per heavy atom. The van der Waals surface area contributed by atoms with Crippen LogP contribution in [0.4, 0.5) is 0 Å². The highest BCUT2D eigenvalue weighted by Crippen LogP contribution is 2.33. The molecule has 1 aromatic rings. The number of alkyl halides is 1. The molecular weight excluding hydrogens is 301 g/mol. The van der Waals surface area contributed by atoms with Crippen molar-refractivity contribution in [3.63, 3.8) is 0 Å². The lowest BCUT2D eigenvalue weighted by molar-refractivity contribution is 0.612. The monoisotopic (exact) mass is 321 g/mol. The topological polar surface area (TPSA) is 12.4 Å². The molecule has 0 N–H and O–H groups in total. The molecule has 2 rings (SSSR count). The smallest absolute Gasteiger partial charge is 0.0731 e. The van der Waals surface area contributed by atoms with Crippen LogP contribution in [-0.2, 0) is 0 Å². The molecule has 0 amide bonds. The van der Waals surface area contributed by atoms with Gasteiger partial charge in [0.1, 0.15) is 0 Å². The first-order valence-corrected chi connectivity index (χ1v) is 7.95. The van der Waals surface area contributed by atoms with E-state index in [1.807, 2.05) is 32.2 Å². The molecule has 112 valence electrons. The van der Waals surface area contributed by atoms with E-state index in [0.29, 0.717) is 0 Å². The minimum atomic E-state index is -0.257. The summed E-state index contributed by atoms with van der Waals surface area (Å²) in [7, 11) is 0. The van der Waals surface area contributed by atoms with Crippen LogP contribution >= 0.6 is 23.2 Å². The highest BCUT2D eigenvalue weighted by molar-refractivity contribution is 6.31. The predicted molar refractivity (Wildman–Crippen MR) is 93.7 cm³/mol. The minimum absolute atomic E-state index is 0.0131. The largest absolute Gasteiger partial charge is 0.289 e. The van der Waals surface area contributed by atoms with Gasteiger partial charge in [-0.3, -0.25) is 4.99 Å². The van der Waals surface area contributed by atoms with Gasteiger partial charge in [0.2, 0.25) is 0 Å². The Balaban J connectivity index is 2.19. The summed E-state index contributed by atoms with van der Waals surface area (Å²) in [6.45, 7) is 8.23. The number of nitrogens with zero attached hydrogens (tertiary/aromatic N) is 1. The highest BCUT2D eigenvalue weighted by Gasteiger charge is 2.29. The minimum Gasteiger partial charge on any atom is -0.289 e. The van der Waals surface area contributed by atoms with Gasteiger partial charge >= 0.3 is 0 Å². The van der Waals surface area contributed by atoms with E-state index in [1.165, 1.54) is 5.57 Å². The molecule has 0 aromatic heterocycles. The van der Waals surface area contributed by atoms with Crippen molar-refractivity contribution in [1.29, 1.82) is 0 Å². The van der Waals surface area contributed by atoms with Crippen molar-refractivity contribution >= 4 is 29.4 Å². The number of hydrogen-bond donors (Lipinski definition) is 0. The number of rotatable bonds is 3. The molecule has 3 heteroatoms. The Morgan fingerprint density at radius 3 is 2.67 bits per heavy atom. The van der Waals surface area contributed by atoms with E-state index in [9.17, 15) is 0 Å². The molecule has 0 fully saturated rings. The normalized spacial score (nSPS) is 27.0. The molecule has 1 aromatic carbocycles. The van der Waals surface area contributed by atoms with Gasteiger partial charge in [-0.05, 0) is 44.9 Å². The van der Waals surface area contributed by atoms with E-state index in [4.69, 9.17) is 23.2 Å². The fourth-order valence-electron chi connectivity index (χ4n) is 2.31. The van der Waals surface area contributed by atoms with Crippen LogP contribution in [-0.4, -0.2) is 11.6 Å². The van der Waals surface area contributed by atoms with Crippen molar-refractivity contribution in [1.82, 2.24) is 0 Å². The van der Waals surface area contributed by atoms with Crippen LogP contribution in [0.15, 0.2) is 47.0 Å². The van der Waals surface area contributed by atoms with Gasteiger partial charge in [-0.15, -0.1) is 11.6 Å². The first kappa shape index (κ1) is 16.3. The van der Waals surface area contributed by atoms with Crippen LogP contribution < -0.4 is 0 Å². The molecule has 1 aliphatic rings. The first-order valence-electron chi connectivity index (χ1n) is 7.14. The van der Waals surface area contributed by atoms with Gasteiger partial charge < -0.3 is 0 Å².